The summed E-state index contributed by atoms with van der Waals surface area (Å²) in [5.41, 5.74) is 1.72. The standard InChI is InChI=1S/C24H24FN3O3S/c1-11-20-16-8-18(21(11)20)28-22(16)23(29)27-15(9-26)5-13-4-3-12(6-17(13)25)14-7-19(32-10-14)24(30)31-2/h3-4,6-7,10-11,15-16,18,20-22,28H,5,8H2,1-2H3,(H,27,29)/t11-,15-,16+,18-,20-,21+,22-/m0/s1. The zero-order valence-electron chi connectivity index (χ0n) is 17.8. The van der Waals surface area contributed by atoms with Crippen LogP contribution in [0, 0.1) is 40.8 Å². The number of rotatable bonds is 6. The molecule has 0 radical (unpaired) electrons. The van der Waals surface area contributed by atoms with Crippen molar-refractivity contribution in [1.82, 2.24) is 10.6 Å². The van der Waals surface area contributed by atoms with E-state index in [1.165, 1.54) is 24.5 Å². The van der Waals surface area contributed by atoms with Crippen LogP contribution in [0.5, 0.6) is 0 Å². The smallest absolute Gasteiger partial charge is 0.348 e. The quantitative estimate of drug-likeness (QED) is 0.656. The molecule has 166 valence electrons. The van der Waals surface area contributed by atoms with Gasteiger partial charge in [0.1, 0.15) is 16.7 Å². The second-order valence-corrected chi connectivity index (χ2v) is 9.97. The number of benzene rings is 1. The van der Waals surface area contributed by atoms with E-state index in [1.807, 2.05) is 0 Å². The minimum Gasteiger partial charge on any atom is -0.465 e. The fourth-order valence-corrected chi connectivity index (χ4v) is 6.64. The van der Waals surface area contributed by atoms with E-state index in [4.69, 9.17) is 4.74 Å². The number of halogens is 1. The number of esters is 1. The van der Waals surface area contributed by atoms with Crippen molar-refractivity contribution in [3.63, 3.8) is 0 Å². The second kappa shape index (κ2) is 7.98. The molecule has 1 aromatic carbocycles. The van der Waals surface area contributed by atoms with Gasteiger partial charge in [0.2, 0.25) is 5.91 Å². The van der Waals surface area contributed by atoms with Gasteiger partial charge in [-0.05, 0) is 64.3 Å². The van der Waals surface area contributed by atoms with E-state index >= 15 is 0 Å². The third-order valence-electron chi connectivity index (χ3n) is 7.38. The molecule has 1 aliphatic heterocycles. The number of methoxy groups -OCH3 is 1. The molecule has 1 amide bonds. The molecule has 32 heavy (non-hydrogen) atoms. The molecule has 0 spiro atoms. The van der Waals surface area contributed by atoms with E-state index < -0.39 is 17.8 Å². The highest BCUT2D eigenvalue weighted by atomic mass is 32.1. The molecule has 2 saturated carbocycles. The van der Waals surface area contributed by atoms with Gasteiger partial charge in [-0.2, -0.15) is 5.26 Å². The van der Waals surface area contributed by atoms with E-state index in [-0.39, 0.29) is 18.4 Å². The van der Waals surface area contributed by atoms with Crippen LogP contribution in [-0.2, 0) is 16.0 Å². The maximum atomic E-state index is 14.8. The Balaban J connectivity index is 1.24. The number of ether oxygens (including phenoxy) is 1. The number of nitrogens with zero attached hydrogens (tertiary/aromatic N) is 1. The van der Waals surface area contributed by atoms with Gasteiger partial charge in [0.25, 0.3) is 0 Å². The van der Waals surface area contributed by atoms with Crippen LogP contribution >= 0.6 is 11.3 Å². The lowest BCUT2D eigenvalue weighted by Gasteiger charge is -2.23. The maximum Gasteiger partial charge on any atom is 0.348 e. The van der Waals surface area contributed by atoms with Crippen molar-refractivity contribution in [1.29, 1.82) is 5.26 Å². The van der Waals surface area contributed by atoms with E-state index in [9.17, 15) is 19.2 Å². The number of amides is 1. The average Bonchev–Trinajstić information content (AvgIpc) is 3.23. The number of thiophene rings is 1. The van der Waals surface area contributed by atoms with Crippen LogP contribution in [0.2, 0.25) is 0 Å². The van der Waals surface area contributed by atoms with Crippen LogP contribution in [0.3, 0.4) is 0 Å². The van der Waals surface area contributed by atoms with Crippen molar-refractivity contribution in [2.75, 3.05) is 7.11 Å². The highest BCUT2D eigenvalue weighted by molar-refractivity contribution is 7.12. The van der Waals surface area contributed by atoms with E-state index in [2.05, 4.69) is 23.6 Å². The van der Waals surface area contributed by atoms with Gasteiger partial charge in [-0.1, -0.05) is 19.1 Å². The van der Waals surface area contributed by atoms with Crippen molar-refractivity contribution in [2.24, 2.45) is 23.7 Å². The molecule has 2 bridgehead atoms. The Morgan fingerprint density at radius 3 is 2.84 bits per heavy atom. The molecule has 1 saturated heterocycles. The summed E-state index contributed by atoms with van der Waals surface area (Å²) in [6.45, 7) is 2.24. The molecule has 8 heteroatoms. The summed E-state index contributed by atoms with van der Waals surface area (Å²) in [5.74, 6) is 1.31. The Bertz CT molecular complexity index is 1120. The lowest BCUT2D eigenvalue weighted by atomic mass is 9.94. The zero-order valence-corrected chi connectivity index (χ0v) is 18.6. The van der Waals surface area contributed by atoms with Crippen molar-refractivity contribution in [2.45, 2.75) is 37.9 Å². The molecule has 3 fully saturated rings. The number of fused-ring (bicyclic) bond motifs is 5. The highest BCUT2D eigenvalue weighted by Gasteiger charge is 2.67. The van der Waals surface area contributed by atoms with Crippen molar-refractivity contribution >= 4 is 23.2 Å². The zero-order chi connectivity index (χ0) is 22.6. The number of nitriles is 1. The molecule has 7 atom stereocenters. The van der Waals surface area contributed by atoms with Gasteiger partial charge in [0, 0.05) is 12.5 Å². The van der Waals surface area contributed by atoms with Crippen LogP contribution < -0.4 is 10.6 Å². The summed E-state index contributed by atoms with van der Waals surface area (Å²) in [7, 11) is 1.32. The van der Waals surface area contributed by atoms with Crippen LogP contribution in [-0.4, -0.2) is 37.1 Å². The molecule has 6 nitrogen and oxygen atoms in total. The van der Waals surface area contributed by atoms with Crippen molar-refractivity contribution < 1.29 is 18.7 Å². The first-order chi connectivity index (χ1) is 15.4. The summed E-state index contributed by atoms with van der Waals surface area (Å²) >= 11 is 1.23. The topological polar surface area (TPSA) is 91.2 Å². The number of carbonyl (C=O) groups is 2. The molecular formula is C24H24FN3O3S. The van der Waals surface area contributed by atoms with Crippen LogP contribution in [0.25, 0.3) is 11.1 Å². The Hall–Kier alpha value is -2.76. The number of piperidine rings is 1. The second-order valence-electron chi connectivity index (χ2n) is 9.06. The number of hydrogen-bond donors (Lipinski definition) is 2. The van der Waals surface area contributed by atoms with E-state index in [0.717, 1.165) is 12.0 Å². The largest absolute Gasteiger partial charge is 0.465 e. The summed E-state index contributed by atoms with van der Waals surface area (Å²) in [4.78, 5) is 24.9. The van der Waals surface area contributed by atoms with Gasteiger partial charge in [0.15, 0.2) is 0 Å². The molecule has 2 aromatic rings. The van der Waals surface area contributed by atoms with Crippen LogP contribution in [0.1, 0.15) is 28.6 Å². The summed E-state index contributed by atoms with van der Waals surface area (Å²) in [6.07, 6.45) is 1.13. The fourth-order valence-electron chi connectivity index (χ4n) is 5.80. The predicted octanol–water partition coefficient (Wildman–Crippen LogP) is 3.13. The monoisotopic (exact) mass is 453 g/mol. The van der Waals surface area contributed by atoms with Crippen LogP contribution in [0.15, 0.2) is 29.6 Å². The number of hydrogen-bond acceptors (Lipinski definition) is 6. The Kier molecular flexibility index (Phi) is 5.26. The van der Waals surface area contributed by atoms with Gasteiger partial charge >= 0.3 is 5.97 Å². The molecule has 3 aliphatic rings. The van der Waals surface area contributed by atoms with Gasteiger partial charge in [-0.25, -0.2) is 9.18 Å². The van der Waals surface area contributed by atoms with E-state index in [0.29, 0.717) is 45.7 Å². The minimum atomic E-state index is -0.803. The summed E-state index contributed by atoms with van der Waals surface area (Å²) < 4.78 is 19.5. The molecule has 1 aromatic heterocycles. The SMILES string of the molecule is COC(=O)c1cc(-c2ccc(C[C@@H](C#N)NC(=O)[C@H]3N[C@H]4C[C@@H]3[C@@H]3[C@H](C)[C@@H]34)c(F)c2)cs1. The number of nitrogens with one attached hydrogen (secondary N) is 2. The molecule has 2 N–H and O–H groups in total. The Labute approximate surface area is 189 Å². The van der Waals surface area contributed by atoms with Crippen molar-refractivity contribution in [3.05, 3.63) is 45.9 Å². The molecule has 2 heterocycles. The normalized spacial score (nSPS) is 30.3. The van der Waals surface area contributed by atoms with Crippen molar-refractivity contribution in [3.8, 4) is 17.2 Å². The molecule has 2 aliphatic carbocycles. The molecular weight excluding hydrogens is 429 g/mol. The third-order valence-corrected chi connectivity index (χ3v) is 8.29. The first-order valence-corrected chi connectivity index (χ1v) is 11.7. The van der Waals surface area contributed by atoms with Gasteiger partial charge < -0.3 is 15.4 Å². The molecule has 5 rings (SSSR count). The maximum absolute atomic E-state index is 14.8. The highest BCUT2D eigenvalue weighted by Crippen LogP contribution is 2.64. The average molecular weight is 454 g/mol. The van der Waals surface area contributed by atoms with Gasteiger partial charge in [0.05, 0.1) is 19.2 Å². The lowest BCUT2D eigenvalue weighted by molar-refractivity contribution is -0.124. The lowest BCUT2D eigenvalue weighted by Crippen LogP contribution is -2.51. The van der Waals surface area contributed by atoms with Crippen LogP contribution in [0.4, 0.5) is 4.39 Å². The van der Waals surface area contributed by atoms with E-state index in [1.54, 1.807) is 23.6 Å². The fraction of sp³-hybridized carbons (Fsp3) is 0.458. The Morgan fingerprint density at radius 2 is 2.16 bits per heavy atom. The minimum absolute atomic E-state index is 0.0919. The Morgan fingerprint density at radius 1 is 1.34 bits per heavy atom. The van der Waals surface area contributed by atoms with Gasteiger partial charge in [-0.15, -0.1) is 11.3 Å². The number of carbonyl (C=O) groups excluding carboxylic acids is 2. The summed E-state index contributed by atoms with van der Waals surface area (Å²) in [5, 5.41) is 17.6. The third kappa shape index (κ3) is 3.50. The first kappa shape index (κ1) is 21.1. The van der Waals surface area contributed by atoms with Gasteiger partial charge in [-0.3, -0.25) is 4.79 Å². The predicted molar refractivity (Wildman–Crippen MR) is 117 cm³/mol. The summed E-state index contributed by atoms with van der Waals surface area (Å²) in [6, 6.07) is 7.89. The molecule has 0 unspecified atom stereocenters. The first-order valence-electron chi connectivity index (χ1n) is 10.8.